The molecule has 1 amide bonds. The smallest absolute Gasteiger partial charge is 0.387 e. The highest BCUT2D eigenvalue weighted by atomic mass is 19.3. The van der Waals surface area contributed by atoms with Crippen molar-refractivity contribution >= 4 is 17.5 Å². The van der Waals surface area contributed by atoms with Crippen molar-refractivity contribution in [1.82, 2.24) is 24.5 Å². The molecule has 1 N–H and O–H groups in total. The second-order valence-corrected chi connectivity index (χ2v) is 8.70. The van der Waals surface area contributed by atoms with E-state index in [9.17, 15) is 18.4 Å². The van der Waals surface area contributed by atoms with Crippen LogP contribution in [0.1, 0.15) is 30.1 Å². The van der Waals surface area contributed by atoms with E-state index < -0.39 is 12.5 Å². The Morgan fingerprint density at radius 1 is 1.13 bits per heavy atom. The molecular formula is C26H25F2N5O5. The predicted octanol–water partition coefficient (Wildman–Crippen LogP) is 3.93. The highest BCUT2D eigenvalue weighted by Gasteiger charge is 2.29. The molecule has 1 aliphatic rings. The molecule has 0 spiro atoms. The largest absolute Gasteiger partial charge is 0.496 e. The van der Waals surface area contributed by atoms with E-state index in [1.807, 2.05) is 12.1 Å². The van der Waals surface area contributed by atoms with Gasteiger partial charge >= 0.3 is 12.6 Å². The Bertz CT molecular complexity index is 1490. The molecule has 4 aromatic rings. The molecule has 1 saturated carbocycles. The number of halogens is 2. The van der Waals surface area contributed by atoms with E-state index in [2.05, 4.69) is 15.4 Å². The Kier molecular flexibility index (Phi) is 6.95. The number of ether oxygens (including phenoxy) is 3. The number of hydrogen-bond acceptors (Lipinski definition) is 7. The van der Waals surface area contributed by atoms with Gasteiger partial charge in [-0.05, 0) is 49.6 Å². The van der Waals surface area contributed by atoms with Crippen LogP contribution in [0.25, 0.3) is 28.0 Å². The molecule has 0 atom stereocenters. The average molecular weight is 526 g/mol. The number of imidazole rings is 1. The minimum absolute atomic E-state index is 0.00311. The number of amides is 1. The number of rotatable bonds is 10. The van der Waals surface area contributed by atoms with Crippen molar-refractivity contribution in [3.63, 3.8) is 0 Å². The van der Waals surface area contributed by atoms with Crippen LogP contribution in [-0.4, -0.2) is 57.4 Å². The third-order valence-corrected chi connectivity index (χ3v) is 6.01. The number of methoxy groups -OCH3 is 1. The fraction of sp³-hybridized carbons (Fsp3) is 0.308. The van der Waals surface area contributed by atoms with Crippen LogP contribution in [0.4, 0.5) is 8.78 Å². The first-order chi connectivity index (χ1) is 18.4. The minimum Gasteiger partial charge on any atom is -0.496 e. The third-order valence-electron chi connectivity index (χ3n) is 6.01. The molecule has 0 radical (unpaired) electrons. The summed E-state index contributed by atoms with van der Waals surface area (Å²) < 4.78 is 44.9. The van der Waals surface area contributed by atoms with Crippen LogP contribution in [0.15, 0.2) is 49.1 Å². The number of fused-ring (bicyclic) bond motifs is 1. The van der Waals surface area contributed by atoms with E-state index in [4.69, 9.17) is 14.2 Å². The van der Waals surface area contributed by atoms with E-state index in [0.717, 1.165) is 24.0 Å². The molecule has 0 saturated heterocycles. The van der Waals surface area contributed by atoms with Crippen LogP contribution in [0.3, 0.4) is 0 Å². The van der Waals surface area contributed by atoms with Crippen LogP contribution in [0.5, 0.6) is 11.5 Å². The SMILES string of the molecule is CCOC(=O)Cn1cc(-c2ccn3c(-c4cc(OC)c(C(=O)NC5CC5)c(OC(F)F)c4)cnc3c2)cn1. The summed E-state index contributed by atoms with van der Waals surface area (Å²) >= 11 is 0. The lowest BCUT2D eigenvalue weighted by Gasteiger charge is -2.16. The number of benzene rings is 1. The summed E-state index contributed by atoms with van der Waals surface area (Å²) in [7, 11) is 1.36. The van der Waals surface area contributed by atoms with Crippen molar-refractivity contribution < 1.29 is 32.6 Å². The summed E-state index contributed by atoms with van der Waals surface area (Å²) in [6, 6.07) is 6.68. The Balaban J connectivity index is 1.48. The van der Waals surface area contributed by atoms with Gasteiger partial charge in [0.05, 0.1) is 31.8 Å². The Morgan fingerprint density at radius 3 is 2.63 bits per heavy atom. The van der Waals surface area contributed by atoms with Crippen LogP contribution in [-0.2, 0) is 16.1 Å². The standard InChI is InChI=1S/C26H25F2N5O5/c1-3-37-23(34)14-32-13-17(11-30-32)15-6-7-33-19(12-29-22(33)10-15)16-8-20(36-2)24(21(9-16)38-26(27)28)25(35)31-18-4-5-18/h6-13,18,26H,3-5,14H2,1-2H3,(H,31,35). The number of alkyl halides is 2. The van der Waals surface area contributed by atoms with E-state index >= 15 is 0 Å². The topological polar surface area (TPSA) is 109 Å². The van der Waals surface area contributed by atoms with Gasteiger partial charge in [-0.1, -0.05) is 0 Å². The van der Waals surface area contributed by atoms with Gasteiger partial charge in [-0.3, -0.25) is 18.7 Å². The number of aromatic nitrogens is 4. The number of hydrogen-bond donors (Lipinski definition) is 1. The number of pyridine rings is 1. The van der Waals surface area contributed by atoms with Gasteiger partial charge in [0.15, 0.2) is 0 Å². The molecule has 5 rings (SSSR count). The van der Waals surface area contributed by atoms with E-state index in [0.29, 0.717) is 23.5 Å². The lowest BCUT2D eigenvalue weighted by molar-refractivity contribution is -0.144. The second-order valence-electron chi connectivity index (χ2n) is 8.70. The average Bonchev–Trinajstić information content (AvgIpc) is 3.40. The lowest BCUT2D eigenvalue weighted by Crippen LogP contribution is -2.26. The first-order valence-corrected chi connectivity index (χ1v) is 12.0. The van der Waals surface area contributed by atoms with Crippen LogP contribution < -0.4 is 14.8 Å². The summed E-state index contributed by atoms with van der Waals surface area (Å²) in [5.41, 5.74) is 3.15. The lowest BCUT2D eigenvalue weighted by atomic mass is 10.1. The van der Waals surface area contributed by atoms with Gasteiger partial charge in [0, 0.05) is 29.6 Å². The quantitative estimate of drug-likeness (QED) is 0.313. The van der Waals surface area contributed by atoms with Crippen LogP contribution in [0, 0.1) is 0 Å². The highest BCUT2D eigenvalue weighted by molar-refractivity contribution is 6.01. The third kappa shape index (κ3) is 5.29. The van der Waals surface area contributed by atoms with E-state index in [-0.39, 0.29) is 35.6 Å². The minimum atomic E-state index is -3.13. The second kappa shape index (κ2) is 10.5. The fourth-order valence-electron chi connectivity index (χ4n) is 4.11. The van der Waals surface area contributed by atoms with Crippen molar-refractivity contribution in [3.05, 3.63) is 54.6 Å². The molecule has 10 nitrogen and oxygen atoms in total. The Labute approximate surface area is 216 Å². The fourth-order valence-corrected chi connectivity index (χ4v) is 4.11. The maximum Gasteiger partial charge on any atom is 0.387 e. The molecular weight excluding hydrogens is 500 g/mol. The van der Waals surface area contributed by atoms with Crippen molar-refractivity contribution in [2.75, 3.05) is 13.7 Å². The zero-order valence-electron chi connectivity index (χ0n) is 20.7. The summed E-state index contributed by atoms with van der Waals surface area (Å²) in [5.74, 6) is -1.08. The Morgan fingerprint density at radius 2 is 1.92 bits per heavy atom. The van der Waals surface area contributed by atoms with Crippen molar-refractivity contribution in [2.45, 2.75) is 39.0 Å². The normalized spacial score (nSPS) is 13.1. The zero-order valence-corrected chi connectivity index (χ0v) is 20.7. The van der Waals surface area contributed by atoms with Gasteiger partial charge in [-0.25, -0.2) is 4.98 Å². The molecule has 1 fully saturated rings. The molecule has 1 aliphatic carbocycles. The summed E-state index contributed by atoms with van der Waals surface area (Å²) in [4.78, 5) is 29.0. The van der Waals surface area contributed by atoms with Crippen molar-refractivity contribution in [3.8, 4) is 33.9 Å². The summed E-state index contributed by atoms with van der Waals surface area (Å²) in [6.07, 6.45) is 8.42. The molecule has 0 aliphatic heterocycles. The molecule has 3 heterocycles. The number of esters is 1. The number of nitrogens with one attached hydrogen (secondary N) is 1. The molecule has 3 aromatic heterocycles. The van der Waals surface area contributed by atoms with Crippen LogP contribution >= 0.6 is 0 Å². The number of carbonyl (C=O) groups is 2. The van der Waals surface area contributed by atoms with Crippen molar-refractivity contribution in [1.29, 1.82) is 0 Å². The van der Waals surface area contributed by atoms with Gasteiger partial charge in [0.25, 0.3) is 5.91 Å². The van der Waals surface area contributed by atoms with Gasteiger partial charge in [-0.2, -0.15) is 13.9 Å². The van der Waals surface area contributed by atoms with E-state index in [1.54, 1.807) is 42.2 Å². The highest BCUT2D eigenvalue weighted by Crippen LogP contribution is 2.37. The van der Waals surface area contributed by atoms with E-state index in [1.165, 1.54) is 17.9 Å². The Hall–Kier alpha value is -4.48. The maximum atomic E-state index is 13.3. The molecule has 0 bridgehead atoms. The van der Waals surface area contributed by atoms with Gasteiger partial charge < -0.3 is 19.5 Å². The first-order valence-electron chi connectivity index (χ1n) is 12.0. The van der Waals surface area contributed by atoms with Gasteiger partial charge in [-0.15, -0.1) is 0 Å². The zero-order chi connectivity index (χ0) is 26.8. The summed E-state index contributed by atoms with van der Waals surface area (Å²) in [5, 5.41) is 7.00. The van der Waals surface area contributed by atoms with Gasteiger partial charge in [0.2, 0.25) is 0 Å². The van der Waals surface area contributed by atoms with Crippen molar-refractivity contribution in [2.24, 2.45) is 0 Å². The monoisotopic (exact) mass is 525 g/mol. The predicted molar refractivity (Wildman–Crippen MR) is 132 cm³/mol. The number of nitrogens with zero attached hydrogens (tertiary/aromatic N) is 4. The van der Waals surface area contributed by atoms with Crippen LogP contribution in [0.2, 0.25) is 0 Å². The molecule has 0 unspecified atom stereocenters. The maximum absolute atomic E-state index is 13.3. The number of carbonyl (C=O) groups excluding carboxylic acids is 2. The molecule has 12 heteroatoms. The molecule has 1 aromatic carbocycles. The molecule has 38 heavy (non-hydrogen) atoms. The van der Waals surface area contributed by atoms with Gasteiger partial charge in [0.1, 0.15) is 29.3 Å². The summed E-state index contributed by atoms with van der Waals surface area (Å²) in [6.45, 7) is -1.09. The molecule has 198 valence electrons. The first kappa shape index (κ1) is 25.2.